The summed E-state index contributed by atoms with van der Waals surface area (Å²) in [5, 5.41) is 25.3. The summed E-state index contributed by atoms with van der Waals surface area (Å²) in [6, 6.07) is 18.6. The van der Waals surface area contributed by atoms with Crippen molar-refractivity contribution in [3.63, 3.8) is 0 Å². The van der Waals surface area contributed by atoms with Crippen LogP contribution in [0.25, 0.3) is 5.57 Å². The molecule has 1 atom stereocenters. The zero-order valence-corrected chi connectivity index (χ0v) is 16.2. The summed E-state index contributed by atoms with van der Waals surface area (Å²) in [7, 11) is 0. The van der Waals surface area contributed by atoms with Gasteiger partial charge < -0.3 is 15.3 Å². The average molecular weight is 395 g/mol. The van der Waals surface area contributed by atoms with Crippen LogP contribution in [0, 0.1) is 0 Å². The van der Waals surface area contributed by atoms with Gasteiger partial charge >= 0.3 is 11.9 Å². The van der Waals surface area contributed by atoms with Crippen LogP contribution in [0.5, 0.6) is 5.75 Å². The standard InChI is InChI=1S/C19H21NO.C4H4O4/c1-15(16-7-3-2-4-8-16)20-12-6-10-18(14-20)17-9-5-11-19(21)13-17;5-3(6)1-2-4(7)8/h2-5,7-11,13,15,21H,6,12,14H2,1H3;1-2H,(H,5,6)(H,7,8). The highest BCUT2D eigenvalue weighted by molar-refractivity contribution is 5.89. The van der Waals surface area contributed by atoms with Crippen LogP contribution in [-0.2, 0) is 9.59 Å². The zero-order chi connectivity index (χ0) is 21.2. The van der Waals surface area contributed by atoms with Crippen LogP contribution in [0.15, 0.2) is 72.8 Å². The number of hydrogen-bond acceptors (Lipinski definition) is 4. The number of rotatable bonds is 5. The fraction of sp³-hybridized carbons (Fsp3) is 0.217. The molecular weight excluding hydrogens is 370 g/mol. The lowest BCUT2D eigenvalue weighted by atomic mass is 9.98. The lowest BCUT2D eigenvalue weighted by molar-refractivity contribution is -0.134. The SMILES string of the molecule is CC(c1ccccc1)N1CCC=C(c2cccc(O)c2)C1.O=C(O)C=CC(=O)O. The van der Waals surface area contributed by atoms with Gasteiger partial charge in [-0.1, -0.05) is 48.5 Å². The molecule has 3 N–H and O–H groups in total. The first-order valence-corrected chi connectivity index (χ1v) is 9.28. The lowest BCUT2D eigenvalue weighted by Gasteiger charge is -2.33. The molecule has 152 valence electrons. The second-order valence-corrected chi connectivity index (χ2v) is 6.64. The Morgan fingerprint density at radius 1 is 1.00 bits per heavy atom. The van der Waals surface area contributed by atoms with Crippen LogP contribution in [-0.4, -0.2) is 45.2 Å². The number of nitrogens with zero attached hydrogens (tertiary/aromatic N) is 1. The molecule has 0 fully saturated rings. The molecule has 6 heteroatoms. The molecule has 1 unspecified atom stereocenters. The van der Waals surface area contributed by atoms with Crippen molar-refractivity contribution < 1.29 is 24.9 Å². The van der Waals surface area contributed by atoms with Crippen LogP contribution < -0.4 is 0 Å². The summed E-state index contributed by atoms with van der Waals surface area (Å²) in [6.07, 6.45) is 4.47. The normalized spacial score (nSPS) is 15.1. The highest BCUT2D eigenvalue weighted by atomic mass is 16.4. The summed E-state index contributed by atoms with van der Waals surface area (Å²) in [6.45, 7) is 4.28. The van der Waals surface area contributed by atoms with E-state index in [4.69, 9.17) is 10.2 Å². The summed E-state index contributed by atoms with van der Waals surface area (Å²) < 4.78 is 0. The van der Waals surface area contributed by atoms with E-state index < -0.39 is 11.9 Å². The van der Waals surface area contributed by atoms with E-state index in [2.05, 4.69) is 54.3 Å². The largest absolute Gasteiger partial charge is 0.508 e. The van der Waals surface area contributed by atoms with Crippen molar-refractivity contribution in [2.75, 3.05) is 13.1 Å². The van der Waals surface area contributed by atoms with E-state index in [-0.39, 0.29) is 0 Å². The van der Waals surface area contributed by atoms with Gasteiger partial charge in [-0.2, -0.15) is 0 Å². The molecule has 0 saturated carbocycles. The van der Waals surface area contributed by atoms with Gasteiger partial charge in [0.1, 0.15) is 5.75 Å². The van der Waals surface area contributed by atoms with E-state index in [0.29, 0.717) is 23.9 Å². The topological polar surface area (TPSA) is 98.1 Å². The number of benzene rings is 2. The van der Waals surface area contributed by atoms with Crippen molar-refractivity contribution in [3.05, 3.63) is 84.0 Å². The number of hydrogen-bond donors (Lipinski definition) is 3. The molecule has 0 aromatic heterocycles. The summed E-state index contributed by atoms with van der Waals surface area (Å²) in [5.41, 5.74) is 3.79. The first-order valence-electron chi connectivity index (χ1n) is 9.28. The Kier molecular flexibility index (Phi) is 8.18. The van der Waals surface area contributed by atoms with Crippen molar-refractivity contribution in [1.82, 2.24) is 4.90 Å². The maximum absolute atomic E-state index is 9.66. The number of aliphatic carboxylic acids is 2. The second-order valence-electron chi connectivity index (χ2n) is 6.64. The fourth-order valence-corrected chi connectivity index (χ4v) is 3.10. The van der Waals surface area contributed by atoms with Crippen LogP contribution in [0.2, 0.25) is 0 Å². The van der Waals surface area contributed by atoms with Gasteiger partial charge in [0.15, 0.2) is 0 Å². The van der Waals surface area contributed by atoms with Crippen molar-refractivity contribution >= 4 is 17.5 Å². The first-order chi connectivity index (χ1) is 13.9. The maximum Gasteiger partial charge on any atom is 0.328 e. The Balaban J connectivity index is 0.000000321. The molecule has 0 saturated heterocycles. The van der Waals surface area contributed by atoms with E-state index >= 15 is 0 Å². The molecule has 0 amide bonds. The Hall–Kier alpha value is -3.38. The molecular formula is C23H25NO5. The molecule has 29 heavy (non-hydrogen) atoms. The number of phenolic OH excluding ortho intramolecular Hbond substituents is 1. The molecule has 1 aliphatic heterocycles. The smallest absolute Gasteiger partial charge is 0.328 e. The number of carboxylic acids is 2. The fourth-order valence-electron chi connectivity index (χ4n) is 3.10. The van der Waals surface area contributed by atoms with Crippen molar-refractivity contribution in [3.8, 4) is 5.75 Å². The number of carboxylic acid groups (broad SMARTS) is 2. The number of carbonyl (C=O) groups is 2. The Morgan fingerprint density at radius 3 is 2.24 bits per heavy atom. The van der Waals surface area contributed by atoms with E-state index in [1.165, 1.54) is 11.1 Å². The van der Waals surface area contributed by atoms with Crippen molar-refractivity contribution in [2.45, 2.75) is 19.4 Å². The number of aromatic hydroxyl groups is 1. The molecule has 0 aliphatic carbocycles. The molecule has 1 heterocycles. The minimum Gasteiger partial charge on any atom is -0.508 e. The zero-order valence-electron chi connectivity index (χ0n) is 16.2. The highest BCUT2D eigenvalue weighted by Gasteiger charge is 2.20. The van der Waals surface area contributed by atoms with Gasteiger partial charge in [0, 0.05) is 31.3 Å². The van der Waals surface area contributed by atoms with E-state index in [1.807, 2.05) is 12.1 Å². The quantitative estimate of drug-likeness (QED) is 0.663. The van der Waals surface area contributed by atoms with Crippen LogP contribution in [0.3, 0.4) is 0 Å². The van der Waals surface area contributed by atoms with Gasteiger partial charge in [-0.15, -0.1) is 0 Å². The van der Waals surface area contributed by atoms with Gasteiger partial charge in [0.05, 0.1) is 0 Å². The molecule has 0 bridgehead atoms. The minimum atomic E-state index is -1.26. The third-order valence-corrected chi connectivity index (χ3v) is 4.60. The molecule has 1 aliphatic rings. The first kappa shape index (κ1) is 21.9. The monoisotopic (exact) mass is 395 g/mol. The Labute approximate surface area is 170 Å². The predicted octanol–water partition coefficient (Wildman–Crippen LogP) is 3.95. The lowest BCUT2D eigenvalue weighted by Crippen LogP contribution is -2.32. The molecule has 3 rings (SSSR count). The molecule has 0 spiro atoms. The van der Waals surface area contributed by atoms with E-state index in [1.54, 1.807) is 6.07 Å². The summed E-state index contributed by atoms with van der Waals surface area (Å²) in [4.78, 5) is 21.6. The predicted molar refractivity (Wildman–Crippen MR) is 112 cm³/mol. The second kappa shape index (κ2) is 10.8. The molecule has 2 aromatic carbocycles. The van der Waals surface area contributed by atoms with Crippen molar-refractivity contribution in [2.24, 2.45) is 0 Å². The van der Waals surface area contributed by atoms with E-state index in [0.717, 1.165) is 25.1 Å². The van der Waals surface area contributed by atoms with Crippen LogP contribution >= 0.6 is 0 Å². The van der Waals surface area contributed by atoms with Gasteiger partial charge in [-0.05, 0) is 42.2 Å². The highest BCUT2D eigenvalue weighted by Crippen LogP contribution is 2.29. The molecule has 6 nitrogen and oxygen atoms in total. The van der Waals surface area contributed by atoms with Gasteiger partial charge in [0.2, 0.25) is 0 Å². The van der Waals surface area contributed by atoms with Gasteiger partial charge in [0.25, 0.3) is 0 Å². The average Bonchev–Trinajstić information content (AvgIpc) is 2.73. The van der Waals surface area contributed by atoms with E-state index in [9.17, 15) is 14.7 Å². The van der Waals surface area contributed by atoms with Crippen LogP contribution in [0.4, 0.5) is 0 Å². The minimum absolute atomic E-state index is 0.335. The summed E-state index contributed by atoms with van der Waals surface area (Å²) in [5.74, 6) is -2.18. The van der Waals surface area contributed by atoms with Gasteiger partial charge in [-0.25, -0.2) is 9.59 Å². The Morgan fingerprint density at radius 2 is 1.66 bits per heavy atom. The van der Waals surface area contributed by atoms with Crippen molar-refractivity contribution in [1.29, 1.82) is 0 Å². The third-order valence-electron chi connectivity index (χ3n) is 4.60. The molecule has 0 radical (unpaired) electrons. The third kappa shape index (κ3) is 7.27. The Bertz CT molecular complexity index is 873. The number of phenols is 1. The maximum atomic E-state index is 9.66. The molecule has 2 aromatic rings. The summed E-state index contributed by atoms with van der Waals surface area (Å²) >= 11 is 0. The van der Waals surface area contributed by atoms with Gasteiger partial charge in [-0.3, -0.25) is 4.90 Å². The van der Waals surface area contributed by atoms with Crippen LogP contribution in [0.1, 0.15) is 30.5 Å².